The first-order valence-corrected chi connectivity index (χ1v) is 34.0. The molecule has 94 heavy (non-hydrogen) atoms. The number of aliphatic hydroxyl groups is 3. The first-order valence-electron chi connectivity index (χ1n) is 29.9. The largest absolute Gasteiger partial charge is 0.480 e. The molecule has 0 aliphatic carbocycles. The normalized spacial score (nSPS) is 13.4. The number of ether oxygens (including phenoxy) is 2. The average molecular weight is 1420 g/mol. The molecule has 12 N–H and O–H groups in total. The van der Waals surface area contributed by atoms with E-state index in [-0.39, 0.29) is 102 Å². The predicted molar refractivity (Wildman–Crippen MR) is 369 cm³/mol. The first-order chi connectivity index (χ1) is 42.1. The number of ketones is 5. The fourth-order valence-electron chi connectivity index (χ4n) is 6.75. The van der Waals surface area contributed by atoms with Crippen LogP contribution in [0.5, 0.6) is 0 Å². The third-order valence-electron chi connectivity index (χ3n) is 9.97. The lowest BCUT2D eigenvalue weighted by Gasteiger charge is -2.28. The highest BCUT2D eigenvalue weighted by Crippen LogP contribution is 2.36. The van der Waals surface area contributed by atoms with E-state index in [4.69, 9.17) is 56.2 Å². The van der Waals surface area contributed by atoms with Gasteiger partial charge in [-0.15, -0.1) is 0 Å². The van der Waals surface area contributed by atoms with E-state index in [0.717, 1.165) is 27.0 Å². The number of thioether (sulfide) groups is 2. The number of hydrogen-bond donors (Lipinski definition) is 10. The zero-order valence-electron chi connectivity index (χ0n) is 61.4. The maximum atomic E-state index is 11.0. The van der Waals surface area contributed by atoms with Crippen molar-refractivity contribution < 1.29 is 120 Å². The number of nitrogens with zero attached hydrogens (tertiary/aromatic N) is 6. The molecular weight excluding hydrogens is 1290 g/mol. The number of hydrogen-bond acceptors (Lipinski definition) is 23. The van der Waals surface area contributed by atoms with E-state index < -0.39 is 49.9 Å². The van der Waals surface area contributed by atoms with Crippen LogP contribution in [0, 0.1) is 5.41 Å². The smallest absolute Gasteiger partial charge is 0.327 e. The number of guanidine groups is 1. The number of aliphatic carboxylic acids is 2. The van der Waals surface area contributed by atoms with Crippen LogP contribution in [0.4, 0.5) is 0 Å². The highest BCUT2D eigenvalue weighted by Gasteiger charge is 2.24. The van der Waals surface area contributed by atoms with Gasteiger partial charge in [-0.25, -0.2) is 4.79 Å². The summed E-state index contributed by atoms with van der Waals surface area (Å²) in [4.78, 5) is 129. The number of amides is 1. The van der Waals surface area contributed by atoms with Gasteiger partial charge in [-0.3, -0.25) is 57.9 Å². The number of Topliss-reactive ketones (excluding diaryl/α,β-unsaturated/α-hetero) is 5. The van der Waals surface area contributed by atoms with E-state index in [0.29, 0.717) is 66.0 Å². The number of quaternary nitrogens is 4. The Bertz CT molecular complexity index is 2160. The van der Waals surface area contributed by atoms with Crippen molar-refractivity contribution in [2.24, 2.45) is 11.5 Å². The molecule has 1 amide bonds. The molecule has 0 aromatic heterocycles. The van der Waals surface area contributed by atoms with Gasteiger partial charge in [0.25, 0.3) is 0 Å². The number of rotatable bonds is 35. The molecule has 0 saturated carbocycles. The van der Waals surface area contributed by atoms with E-state index in [2.05, 4.69) is 26.5 Å². The highest BCUT2D eigenvalue weighted by atomic mass is 32.2. The minimum absolute atomic E-state index is 0.0262. The van der Waals surface area contributed by atoms with E-state index in [1.165, 1.54) is 85.7 Å². The molecule has 0 saturated heterocycles. The zero-order chi connectivity index (χ0) is 76.3. The van der Waals surface area contributed by atoms with Crippen molar-refractivity contribution in [1.82, 2.24) is 15.1 Å². The van der Waals surface area contributed by atoms with Crippen molar-refractivity contribution in [2.75, 3.05) is 183 Å². The molecule has 34 heteroatoms. The summed E-state index contributed by atoms with van der Waals surface area (Å²) in [7, 11) is 26.1. The van der Waals surface area contributed by atoms with Crippen molar-refractivity contribution in [3.05, 3.63) is 0 Å². The van der Waals surface area contributed by atoms with Crippen LogP contribution in [0.3, 0.4) is 0 Å². The number of likely N-dealkylation sites (N-methyl/N-ethyl adjacent to an activating group) is 5. The molecular formula is C60H127N10O21PS2+4. The number of nitrogens with one attached hydrogen (secondary N) is 2. The van der Waals surface area contributed by atoms with Gasteiger partial charge in [0.15, 0.2) is 17.2 Å². The third kappa shape index (κ3) is 106. The van der Waals surface area contributed by atoms with Gasteiger partial charge in [0.1, 0.15) is 80.0 Å². The van der Waals surface area contributed by atoms with Crippen LogP contribution in [0.25, 0.3) is 0 Å². The summed E-state index contributed by atoms with van der Waals surface area (Å²) in [5.74, 6) is -2.06. The summed E-state index contributed by atoms with van der Waals surface area (Å²) >= 11 is 2.68. The van der Waals surface area contributed by atoms with Gasteiger partial charge in [-0.2, -0.15) is 11.8 Å². The SMILES string of the molecule is CC(=O)CC(CN)OC(C)=O.CC(=O)CC(C[N+](C)(C)C)OC(C)=O.CC(=O)CC(C[N+](C)(C)C)SC(C)=O.CC(=O)CC(O)CN(C)C.CC(=O)CC(O)C[N+](C)(C)C.CC(=O)NC(CSCCCO)C(=O)O.CN(CC(=O)O)C(=N)N.C[N+](C)(C)CCOP(C)(=O)O. The first kappa shape index (κ1) is 105. The molecule has 0 fully saturated rings. The molecule has 7 atom stereocenters. The lowest BCUT2D eigenvalue weighted by atomic mass is 10.2. The molecule has 0 radical (unpaired) electrons. The van der Waals surface area contributed by atoms with Crippen LogP contribution in [-0.2, 0) is 71.3 Å². The molecule has 0 aliphatic rings. The summed E-state index contributed by atoms with van der Waals surface area (Å²) in [6.07, 6.45) is 0.408. The second kappa shape index (κ2) is 57.2. The Morgan fingerprint density at radius 1 is 0.617 bits per heavy atom. The molecule has 0 spiro atoms. The van der Waals surface area contributed by atoms with Gasteiger partial charge in [0, 0.05) is 99.0 Å². The maximum absolute atomic E-state index is 11.0. The van der Waals surface area contributed by atoms with Crippen LogP contribution in [0.15, 0.2) is 0 Å². The van der Waals surface area contributed by atoms with E-state index in [9.17, 15) is 62.4 Å². The fourth-order valence-corrected chi connectivity index (χ4v) is 9.45. The average Bonchev–Trinajstić information content (AvgIpc) is 1.45. The molecule has 0 aromatic carbocycles. The second-order valence-corrected chi connectivity index (χ2v) is 31.0. The number of aliphatic hydroxyl groups excluding tert-OH is 3. The molecule has 0 rings (SSSR count). The Morgan fingerprint density at radius 3 is 1.31 bits per heavy atom. The zero-order valence-corrected chi connectivity index (χ0v) is 63.9. The number of carbonyl (C=O) groups excluding carboxylic acids is 9. The molecule has 0 heterocycles. The lowest BCUT2D eigenvalue weighted by Crippen LogP contribution is -2.43. The summed E-state index contributed by atoms with van der Waals surface area (Å²) in [6, 6.07) is -0.837. The van der Waals surface area contributed by atoms with Gasteiger partial charge in [-0.05, 0) is 60.9 Å². The minimum atomic E-state index is -3.26. The number of carboxylic acids is 2. The van der Waals surface area contributed by atoms with Crippen molar-refractivity contribution in [3.63, 3.8) is 0 Å². The minimum Gasteiger partial charge on any atom is -0.480 e. The van der Waals surface area contributed by atoms with Crippen molar-refractivity contribution in [3.8, 4) is 0 Å². The molecule has 0 aromatic rings. The predicted octanol–water partition coefficient (Wildman–Crippen LogP) is 0.812. The fraction of sp³-hybridized carbons (Fsp3) is 0.800. The number of nitrogens with two attached hydrogens (primary N) is 2. The van der Waals surface area contributed by atoms with E-state index >= 15 is 0 Å². The molecule has 0 aliphatic heterocycles. The Morgan fingerprint density at radius 2 is 1.02 bits per heavy atom. The van der Waals surface area contributed by atoms with Crippen LogP contribution in [0.2, 0.25) is 0 Å². The summed E-state index contributed by atoms with van der Waals surface area (Å²) in [6.45, 7) is 18.0. The third-order valence-corrected chi connectivity index (χ3v) is 12.8. The number of carbonyl (C=O) groups is 11. The lowest BCUT2D eigenvalue weighted by molar-refractivity contribution is -0.873. The van der Waals surface area contributed by atoms with Gasteiger partial charge in [0.05, 0.1) is 102 Å². The maximum Gasteiger partial charge on any atom is 0.327 e. The van der Waals surface area contributed by atoms with E-state index in [1.54, 1.807) is 13.8 Å². The Hall–Kier alpha value is -4.87. The standard InChI is InChI=1S/C10H20NO3.C10H20NO2S.C8H15NO4S.C8H18NO2.C7H13NO3.C7H15NO2.C6H16NO3P.C4H9N3O2/c2*1-8(12)6-10(14-9(2)13)7-11(3,4)5;1-6(11)9-7(8(12)13)5-14-4-2-3-10;1-7(10)5-8(11)6-9(2,3)4;1-5(9)3-7(4-8)11-6(2)10;1-6(9)4-7(10)5-8(2)3;1-7(2,3)5-6-10-11(4,8)9;1-7(4(5)6)2-3(8)9/h2*10H,6-7H2,1-5H3;7,10H,2-5H2,1H3,(H,9,11)(H,12,13);8,11H,5-6H2,1-4H3;7H,3-4,8H2,1-2H3;7,10H,4-5H2,1-3H3;5-6H2,1-4H3;2H2,1H3,(H3,5,6)(H,8,9)/q2*+1;;+1;;;;/p+1. The molecule has 556 valence electrons. The van der Waals surface area contributed by atoms with Crippen LogP contribution in [0.1, 0.15) is 101 Å². The quantitative estimate of drug-likeness (QED) is 0.0105. The summed E-state index contributed by atoms with van der Waals surface area (Å²) in [5, 5.41) is 53.0. The van der Waals surface area contributed by atoms with Gasteiger partial charge in [-0.1, -0.05) is 11.8 Å². The monoisotopic (exact) mass is 1420 g/mol. The van der Waals surface area contributed by atoms with Gasteiger partial charge >= 0.3 is 31.5 Å². The Balaban J connectivity index is -0.000000151. The number of esters is 2. The van der Waals surface area contributed by atoms with Crippen molar-refractivity contribution in [1.29, 1.82) is 5.41 Å². The van der Waals surface area contributed by atoms with Crippen molar-refractivity contribution >= 4 is 101 Å². The molecule has 0 bridgehead atoms. The van der Waals surface area contributed by atoms with Crippen molar-refractivity contribution in [2.45, 2.75) is 137 Å². The van der Waals surface area contributed by atoms with E-state index in [1.807, 2.05) is 82.4 Å². The molecule has 31 nitrogen and oxygen atoms in total. The summed E-state index contributed by atoms with van der Waals surface area (Å²) in [5.41, 5.74) is 10.2. The highest BCUT2D eigenvalue weighted by molar-refractivity contribution is 8.14. The second-order valence-electron chi connectivity index (χ2n) is 26.5. The number of carboxylic acid groups (broad SMARTS) is 2. The van der Waals surface area contributed by atoms with Crippen LogP contribution in [-0.4, -0.2) is 347 Å². The molecule has 7 unspecified atom stereocenters. The Labute approximate surface area is 569 Å². The van der Waals surface area contributed by atoms with Crippen LogP contribution < -0.4 is 16.8 Å². The van der Waals surface area contributed by atoms with Gasteiger partial charge in [0.2, 0.25) is 5.91 Å². The van der Waals surface area contributed by atoms with Gasteiger partial charge < -0.3 is 88.9 Å². The van der Waals surface area contributed by atoms with Crippen LogP contribution >= 0.6 is 31.1 Å². The topological polar surface area (TPSA) is 448 Å². The Kier molecular flexibility index (Phi) is 64.0. The summed E-state index contributed by atoms with van der Waals surface area (Å²) < 4.78 is 28.0.